The maximum Gasteiger partial charge on any atom is 0.119 e. The lowest BCUT2D eigenvalue weighted by Crippen LogP contribution is -2.13. The molecule has 0 atom stereocenters. The van der Waals surface area contributed by atoms with Gasteiger partial charge in [0, 0.05) is 0 Å². The zero-order valence-corrected chi connectivity index (χ0v) is 36.7. The number of ether oxygens (including phenoxy) is 10. The molecule has 0 N–H and O–H groups in total. The van der Waals surface area contributed by atoms with Gasteiger partial charge in [0.1, 0.15) is 24.7 Å². The van der Waals surface area contributed by atoms with Gasteiger partial charge in [-0.05, 0) is 79.9 Å². The molecule has 0 fully saturated rings. The molecule has 16 aliphatic rings. The highest BCUT2D eigenvalue weighted by Crippen LogP contribution is 2.28. The molecule has 0 aromatic heterocycles. The van der Waals surface area contributed by atoms with Crippen molar-refractivity contribution in [2.45, 2.75) is 13.2 Å². The van der Waals surface area contributed by atoms with Gasteiger partial charge in [-0.3, -0.25) is 0 Å². The Morgan fingerprint density at radius 2 is 0.375 bits per heavy atom. The molecule has 64 heavy (non-hydrogen) atoms. The van der Waals surface area contributed by atoms with Gasteiger partial charge in [0.15, 0.2) is 0 Å². The number of benzene rings is 6. The monoisotopic (exact) mass is 868 g/mol. The minimum atomic E-state index is 0.464. The highest BCUT2D eigenvalue weighted by molar-refractivity contribution is 5.72. The van der Waals surface area contributed by atoms with E-state index >= 15 is 0 Å². The third-order valence-corrected chi connectivity index (χ3v) is 10.5. The zero-order valence-electron chi connectivity index (χ0n) is 36.7. The van der Waals surface area contributed by atoms with Crippen molar-refractivity contribution in [1.82, 2.24) is 0 Å². The maximum atomic E-state index is 5.89. The van der Waals surface area contributed by atoms with Gasteiger partial charge in [-0.25, -0.2) is 0 Å². The Balaban J connectivity index is 0.831. The minimum Gasteiger partial charge on any atom is -0.491 e. The summed E-state index contributed by atoms with van der Waals surface area (Å²) >= 11 is 0. The molecule has 0 aliphatic carbocycles. The van der Waals surface area contributed by atoms with Gasteiger partial charge in [0.05, 0.1) is 106 Å². The zero-order chi connectivity index (χ0) is 43.7. The normalized spacial score (nSPS) is 16.6. The van der Waals surface area contributed by atoms with Gasteiger partial charge in [0.2, 0.25) is 0 Å². The Morgan fingerprint density at radius 3 is 0.625 bits per heavy atom. The molecule has 0 saturated carbocycles. The molecule has 0 saturated heterocycles. The fraction of sp³-hybridized carbons (Fsp3) is 0.333. The summed E-state index contributed by atoms with van der Waals surface area (Å²) in [4.78, 5) is 0. The van der Waals surface area contributed by atoms with Crippen molar-refractivity contribution in [1.29, 1.82) is 0 Å². The fourth-order valence-corrected chi connectivity index (χ4v) is 6.92. The molecule has 22 rings (SSSR count). The van der Waals surface area contributed by atoms with Crippen molar-refractivity contribution in [3.63, 3.8) is 0 Å². The summed E-state index contributed by atoms with van der Waals surface area (Å²) < 4.78 is 57.4. The second-order valence-corrected chi connectivity index (χ2v) is 15.1. The van der Waals surface area contributed by atoms with E-state index < -0.39 is 0 Å². The summed E-state index contributed by atoms with van der Waals surface area (Å²) in [5.41, 5.74) is 11.4. The lowest BCUT2D eigenvalue weighted by atomic mass is 9.99. The van der Waals surface area contributed by atoms with Crippen molar-refractivity contribution < 1.29 is 47.4 Å². The molecule has 0 radical (unpaired) electrons. The van der Waals surface area contributed by atoms with E-state index in [1.807, 2.05) is 24.3 Å². The van der Waals surface area contributed by atoms with E-state index in [1.165, 1.54) is 22.3 Å². The summed E-state index contributed by atoms with van der Waals surface area (Å²) in [6, 6.07) is 50.5. The summed E-state index contributed by atoms with van der Waals surface area (Å²) in [6.45, 7) is 9.05. The molecule has 12 bridgehead atoms. The summed E-state index contributed by atoms with van der Waals surface area (Å²) in [5.74, 6) is 1.61. The Morgan fingerprint density at radius 1 is 0.188 bits per heavy atom. The molecule has 0 spiro atoms. The first-order valence-electron chi connectivity index (χ1n) is 22.2. The Kier molecular flexibility index (Phi) is 19.7. The average Bonchev–Trinajstić information content (AvgIpc) is 3.35. The molecule has 16 heterocycles. The average molecular weight is 869 g/mol. The van der Waals surface area contributed by atoms with Gasteiger partial charge < -0.3 is 47.4 Å². The summed E-state index contributed by atoms with van der Waals surface area (Å²) in [6.07, 6.45) is 0. The second kappa shape index (κ2) is 27.0. The van der Waals surface area contributed by atoms with Crippen LogP contribution in [0.4, 0.5) is 0 Å². The van der Waals surface area contributed by atoms with Gasteiger partial charge in [-0.1, -0.05) is 121 Å². The van der Waals surface area contributed by atoms with E-state index in [0.717, 1.165) is 44.9 Å². The quantitative estimate of drug-likeness (QED) is 0.147. The molecule has 6 aromatic carbocycles. The van der Waals surface area contributed by atoms with Gasteiger partial charge in [-0.15, -0.1) is 0 Å². The number of hydrogen-bond acceptors (Lipinski definition) is 10. The second-order valence-electron chi connectivity index (χ2n) is 15.1. The van der Waals surface area contributed by atoms with Crippen LogP contribution in [-0.2, 0) is 51.1 Å². The van der Waals surface area contributed by atoms with Crippen LogP contribution in [0.2, 0.25) is 0 Å². The lowest BCUT2D eigenvalue weighted by Gasteiger charge is -2.10. The maximum absolute atomic E-state index is 5.89. The van der Waals surface area contributed by atoms with Crippen LogP contribution >= 0.6 is 0 Å². The van der Waals surface area contributed by atoms with Gasteiger partial charge >= 0.3 is 0 Å². The van der Waals surface area contributed by atoms with Crippen LogP contribution in [0, 0.1) is 0 Å². The molecule has 10 nitrogen and oxygen atoms in total. The SMILES string of the molecule is c1cc2ccc1COCCOCCOCCOCCOc1ccc(cc1)-c1ccc(cc1)-c1ccc(cc1)OCCOCCOCCOCCOCc1ccc(cc1)-c1ccc-2cc1. The van der Waals surface area contributed by atoms with Gasteiger partial charge in [0.25, 0.3) is 0 Å². The molecular weight excluding hydrogens is 809 g/mol. The predicted molar refractivity (Wildman–Crippen MR) is 250 cm³/mol. The predicted octanol–water partition coefficient (Wildman–Crippen LogP) is 9.96. The van der Waals surface area contributed by atoms with Crippen molar-refractivity contribution in [3.8, 4) is 56.0 Å². The van der Waals surface area contributed by atoms with Crippen LogP contribution in [-0.4, -0.2) is 106 Å². The first-order chi connectivity index (χ1) is 31.8. The lowest BCUT2D eigenvalue weighted by molar-refractivity contribution is -0.00659. The number of rotatable bonds is 0. The van der Waals surface area contributed by atoms with Crippen molar-refractivity contribution >= 4 is 0 Å². The van der Waals surface area contributed by atoms with E-state index in [-0.39, 0.29) is 0 Å². The fourth-order valence-electron chi connectivity index (χ4n) is 6.92. The molecule has 10 heteroatoms. The molecule has 16 aliphatic heterocycles. The number of hydrogen-bond donors (Lipinski definition) is 0. The van der Waals surface area contributed by atoms with E-state index in [4.69, 9.17) is 47.4 Å². The third-order valence-electron chi connectivity index (χ3n) is 10.5. The van der Waals surface area contributed by atoms with E-state index in [9.17, 15) is 0 Å². The van der Waals surface area contributed by atoms with Crippen molar-refractivity contribution in [3.05, 3.63) is 157 Å². The van der Waals surface area contributed by atoms with Crippen LogP contribution in [0.1, 0.15) is 11.1 Å². The first kappa shape index (κ1) is 46.6. The van der Waals surface area contributed by atoms with E-state index in [0.29, 0.717) is 119 Å². The highest BCUT2D eigenvalue weighted by atomic mass is 16.6. The van der Waals surface area contributed by atoms with Crippen LogP contribution in [0.5, 0.6) is 11.5 Å². The Labute approximate surface area is 377 Å². The van der Waals surface area contributed by atoms with Gasteiger partial charge in [-0.2, -0.15) is 0 Å². The van der Waals surface area contributed by atoms with Crippen LogP contribution in [0.3, 0.4) is 0 Å². The molecule has 6 aromatic rings. The minimum absolute atomic E-state index is 0.464. The molecule has 336 valence electrons. The van der Waals surface area contributed by atoms with E-state index in [1.54, 1.807) is 0 Å². The van der Waals surface area contributed by atoms with E-state index in [2.05, 4.69) is 121 Å². The molecular formula is C54H60O10. The van der Waals surface area contributed by atoms with Crippen LogP contribution in [0.25, 0.3) is 44.5 Å². The van der Waals surface area contributed by atoms with Crippen LogP contribution in [0.15, 0.2) is 146 Å². The Bertz CT molecular complexity index is 1840. The summed E-state index contributed by atoms with van der Waals surface area (Å²) in [5, 5.41) is 0. The van der Waals surface area contributed by atoms with Crippen molar-refractivity contribution in [2.75, 3.05) is 106 Å². The largest absolute Gasteiger partial charge is 0.491 e. The third kappa shape index (κ3) is 16.0. The van der Waals surface area contributed by atoms with Crippen molar-refractivity contribution in [2.24, 2.45) is 0 Å². The standard InChI is InChI=1S/C54H60O10/c1-5-45-6-2-43(1)41-61-35-33-57-27-25-55-29-31-59-37-39-63-53-21-17-51(18-22-53)49-13-15-50(16-14-49)52-19-23-54(24-20-52)64-40-38-60-32-30-56-26-28-58-34-36-62-42-44-3-7-46(8-4-44)48-11-9-47(45)10-12-48/h1-24H,25-42H2. The first-order valence-corrected chi connectivity index (χ1v) is 22.2. The topological polar surface area (TPSA) is 92.3 Å². The molecule has 0 amide bonds. The Hall–Kier alpha value is -5.40. The molecule has 0 unspecified atom stereocenters. The summed E-state index contributed by atoms with van der Waals surface area (Å²) in [7, 11) is 0. The highest BCUT2D eigenvalue weighted by Gasteiger charge is 2.06. The smallest absolute Gasteiger partial charge is 0.119 e. The van der Waals surface area contributed by atoms with Crippen LogP contribution < -0.4 is 9.47 Å².